The molecule has 1 aromatic carbocycles. The van der Waals surface area contributed by atoms with Crippen LogP contribution in [0, 0.1) is 12.7 Å². The van der Waals surface area contributed by atoms with Gasteiger partial charge in [-0.25, -0.2) is 9.18 Å². The Bertz CT molecular complexity index is 442. The zero-order valence-corrected chi connectivity index (χ0v) is 10.2. The molecular formula is C12H15FN2O3. The van der Waals surface area contributed by atoms with E-state index in [-0.39, 0.29) is 12.3 Å². The highest BCUT2D eigenvalue weighted by Crippen LogP contribution is 2.13. The predicted octanol–water partition coefficient (Wildman–Crippen LogP) is 0.963. The number of esters is 1. The number of nitrogens with two attached hydrogens (primary N) is 1. The molecule has 1 amide bonds. The van der Waals surface area contributed by atoms with Crippen LogP contribution < -0.4 is 11.1 Å². The average Bonchev–Trinajstić information content (AvgIpc) is 2.26. The van der Waals surface area contributed by atoms with Gasteiger partial charge in [-0.1, -0.05) is 0 Å². The number of carbonyl (C=O) groups is 2. The first kappa shape index (κ1) is 14.1. The molecule has 1 atom stereocenters. The molecule has 18 heavy (non-hydrogen) atoms. The van der Waals surface area contributed by atoms with E-state index in [9.17, 15) is 14.0 Å². The maximum absolute atomic E-state index is 13.1. The Kier molecular flexibility index (Phi) is 4.79. The molecule has 0 spiro atoms. The van der Waals surface area contributed by atoms with Gasteiger partial charge >= 0.3 is 5.97 Å². The third-order valence-corrected chi connectivity index (χ3v) is 2.13. The highest BCUT2D eigenvalue weighted by molar-refractivity contribution is 6.08. The summed E-state index contributed by atoms with van der Waals surface area (Å²) in [6, 6.07) is 2.61. The van der Waals surface area contributed by atoms with E-state index in [2.05, 4.69) is 10.1 Å². The molecule has 0 saturated carbocycles. The molecule has 5 nitrogen and oxygen atoms in total. The SMILES string of the molecule is CCOC(=O)C(N)C(=O)Nc1cc(C)cc(F)c1. The number of hydrogen-bond acceptors (Lipinski definition) is 4. The van der Waals surface area contributed by atoms with Gasteiger partial charge in [-0.2, -0.15) is 0 Å². The zero-order chi connectivity index (χ0) is 13.7. The summed E-state index contributed by atoms with van der Waals surface area (Å²) in [6.07, 6.45) is 0. The van der Waals surface area contributed by atoms with Crippen molar-refractivity contribution in [2.75, 3.05) is 11.9 Å². The first-order chi connectivity index (χ1) is 8.43. The molecule has 0 aliphatic rings. The number of amides is 1. The Labute approximate surface area is 104 Å². The lowest BCUT2D eigenvalue weighted by Crippen LogP contribution is -2.43. The minimum atomic E-state index is -1.42. The molecule has 1 unspecified atom stereocenters. The second-order valence-electron chi connectivity index (χ2n) is 3.74. The molecule has 0 radical (unpaired) electrons. The van der Waals surface area contributed by atoms with E-state index in [0.29, 0.717) is 5.56 Å². The van der Waals surface area contributed by atoms with Crippen LogP contribution >= 0.6 is 0 Å². The van der Waals surface area contributed by atoms with Crippen LogP contribution in [0.4, 0.5) is 10.1 Å². The number of carbonyl (C=O) groups excluding carboxylic acids is 2. The van der Waals surface area contributed by atoms with Gasteiger partial charge < -0.3 is 15.8 Å². The Morgan fingerprint density at radius 3 is 2.67 bits per heavy atom. The van der Waals surface area contributed by atoms with Crippen LogP contribution in [-0.2, 0) is 14.3 Å². The molecule has 0 fully saturated rings. The number of nitrogens with one attached hydrogen (secondary N) is 1. The van der Waals surface area contributed by atoms with Crippen molar-refractivity contribution in [1.82, 2.24) is 0 Å². The zero-order valence-electron chi connectivity index (χ0n) is 10.2. The number of halogens is 1. The summed E-state index contributed by atoms with van der Waals surface area (Å²) in [5, 5.41) is 2.36. The molecule has 98 valence electrons. The number of ether oxygens (including phenoxy) is 1. The molecule has 0 aliphatic carbocycles. The van der Waals surface area contributed by atoms with Crippen LogP contribution in [0.25, 0.3) is 0 Å². The molecular weight excluding hydrogens is 239 g/mol. The fourth-order valence-electron chi connectivity index (χ4n) is 1.37. The molecule has 3 N–H and O–H groups in total. The van der Waals surface area contributed by atoms with Crippen LogP contribution in [0.5, 0.6) is 0 Å². The van der Waals surface area contributed by atoms with E-state index in [0.717, 1.165) is 6.07 Å². The molecule has 0 bridgehead atoms. The highest BCUT2D eigenvalue weighted by atomic mass is 19.1. The van der Waals surface area contributed by atoms with E-state index in [1.165, 1.54) is 6.07 Å². The Hall–Kier alpha value is -1.95. The van der Waals surface area contributed by atoms with Gasteiger partial charge in [-0.3, -0.25) is 4.79 Å². The fourth-order valence-corrected chi connectivity index (χ4v) is 1.37. The van der Waals surface area contributed by atoms with E-state index in [4.69, 9.17) is 5.73 Å². The van der Waals surface area contributed by atoms with Crippen LogP contribution in [0.1, 0.15) is 12.5 Å². The second-order valence-corrected chi connectivity index (χ2v) is 3.74. The van der Waals surface area contributed by atoms with Crippen molar-refractivity contribution in [3.05, 3.63) is 29.6 Å². The summed E-state index contributed by atoms with van der Waals surface area (Å²) in [4.78, 5) is 22.8. The van der Waals surface area contributed by atoms with Crippen molar-refractivity contribution < 1.29 is 18.7 Å². The lowest BCUT2D eigenvalue weighted by molar-refractivity contribution is -0.146. The van der Waals surface area contributed by atoms with Crippen molar-refractivity contribution in [2.45, 2.75) is 19.9 Å². The van der Waals surface area contributed by atoms with Crippen molar-refractivity contribution >= 4 is 17.6 Å². The van der Waals surface area contributed by atoms with E-state index < -0.39 is 23.7 Å². The van der Waals surface area contributed by atoms with E-state index in [1.54, 1.807) is 19.9 Å². The molecule has 1 rings (SSSR count). The van der Waals surface area contributed by atoms with Gasteiger partial charge in [0.25, 0.3) is 5.91 Å². The standard InChI is InChI=1S/C12H15FN2O3/c1-3-18-12(17)10(14)11(16)15-9-5-7(2)4-8(13)6-9/h4-6,10H,3,14H2,1-2H3,(H,15,16). The van der Waals surface area contributed by atoms with Crippen LogP contribution in [-0.4, -0.2) is 24.5 Å². The van der Waals surface area contributed by atoms with Crippen molar-refractivity contribution in [2.24, 2.45) is 5.73 Å². The van der Waals surface area contributed by atoms with Gasteiger partial charge in [-0.15, -0.1) is 0 Å². The second kappa shape index (κ2) is 6.11. The summed E-state index contributed by atoms with van der Waals surface area (Å²) in [5.74, 6) is -2.03. The third-order valence-electron chi connectivity index (χ3n) is 2.13. The molecule has 6 heteroatoms. The smallest absolute Gasteiger partial charge is 0.332 e. The van der Waals surface area contributed by atoms with Gasteiger partial charge in [0, 0.05) is 5.69 Å². The summed E-state index contributed by atoms with van der Waals surface area (Å²) < 4.78 is 17.7. The number of hydrogen-bond donors (Lipinski definition) is 2. The fraction of sp³-hybridized carbons (Fsp3) is 0.333. The molecule has 0 saturated heterocycles. The van der Waals surface area contributed by atoms with Gasteiger partial charge in [0.15, 0.2) is 6.04 Å². The summed E-state index contributed by atoms with van der Waals surface area (Å²) in [5.41, 5.74) is 6.29. The third kappa shape index (κ3) is 3.81. The van der Waals surface area contributed by atoms with Crippen LogP contribution in [0.15, 0.2) is 18.2 Å². The van der Waals surface area contributed by atoms with Crippen molar-refractivity contribution in [3.8, 4) is 0 Å². The molecule has 0 aliphatic heterocycles. The summed E-state index contributed by atoms with van der Waals surface area (Å²) in [7, 11) is 0. The van der Waals surface area contributed by atoms with Crippen molar-refractivity contribution in [1.29, 1.82) is 0 Å². The Morgan fingerprint density at radius 1 is 1.44 bits per heavy atom. The van der Waals surface area contributed by atoms with Crippen molar-refractivity contribution in [3.63, 3.8) is 0 Å². The van der Waals surface area contributed by atoms with Gasteiger partial charge in [0.1, 0.15) is 5.82 Å². The van der Waals surface area contributed by atoms with E-state index in [1.807, 2.05) is 0 Å². The molecule has 0 aromatic heterocycles. The van der Waals surface area contributed by atoms with E-state index >= 15 is 0 Å². The Morgan fingerprint density at radius 2 is 2.11 bits per heavy atom. The van der Waals surface area contributed by atoms with Gasteiger partial charge in [0.2, 0.25) is 0 Å². The van der Waals surface area contributed by atoms with Gasteiger partial charge in [-0.05, 0) is 37.6 Å². The highest BCUT2D eigenvalue weighted by Gasteiger charge is 2.23. The number of aryl methyl sites for hydroxylation is 1. The normalized spacial score (nSPS) is 11.8. The topological polar surface area (TPSA) is 81.4 Å². The lowest BCUT2D eigenvalue weighted by atomic mass is 10.2. The number of rotatable bonds is 4. The first-order valence-corrected chi connectivity index (χ1v) is 5.44. The monoisotopic (exact) mass is 254 g/mol. The number of benzene rings is 1. The largest absolute Gasteiger partial charge is 0.464 e. The molecule has 1 aromatic rings. The van der Waals surface area contributed by atoms with Gasteiger partial charge in [0.05, 0.1) is 6.61 Å². The van der Waals surface area contributed by atoms with Crippen LogP contribution in [0.3, 0.4) is 0 Å². The minimum absolute atomic E-state index is 0.138. The quantitative estimate of drug-likeness (QED) is 0.619. The number of anilines is 1. The first-order valence-electron chi connectivity index (χ1n) is 5.44. The summed E-state index contributed by atoms with van der Waals surface area (Å²) in [6.45, 7) is 3.43. The predicted molar refractivity (Wildman–Crippen MR) is 64.4 cm³/mol. The molecule has 0 heterocycles. The minimum Gasteiger partial charge on any atom is -0.464 e. The van der Waals surface area contributed by atoms with Crippen LogP contribution in [0.2, 0.25) is 0 Å². The maximum Gasteiger partial charge on any atom is 0.332 e. The Balaban J connectivity index is 2.72. The summed E-state index contributed by atoms with van der Waals surface area (Å²) >= 11 is 0. The average molecular weight is 254 g/mol. The lowest BCUT2D eigenvalue weighted by Gasteiger charge is -2.11. The maximum atomic E-state index is 13.1.